The SMILES string of the molecule is Cc1nc(NC(=O)C2CCCO2)sc1-c1ccccc1. The molecule has 0 saturated carbocycles. The topological polar surface area (TPSA) is 51.2 Å². The summed E-state index contributed by atoms with van der Waals surface area (Å²) in [6, 6.07) is 10.1. The number of aromatic nitrogens is 1. The number of benzene rings is 1. The average molecular weight is 288 g/mol. The molecule has 1 aromatic heterocycles. The Morgan fingerprint density at radius 1 is 1.40 bits per heavy atom. The Morgan fingerprint density at radius 2 is 2.20 bits per heavy atom. The van der Waals surface area contributed by atoms with E-state index in [1.54, 1.807) is 0 Å². The minimum atomic E-state index is -0.320. The second kappa shape index (κ2) is 5.73. The molecule has 2 heterocycles. The van der Waals surface area contributed by atoms with E-state index >= 15 is 0 Å². The summed E-state index contributed by atoms with van der Waals surface area (Å²) in [7, 11) is 0. The van der Waals surface area contributed by atoms with Gasteiger partial charge in [-0.2, -0.15) is 0 Å². The van der Waals surface area contributed by atoms with Gasteiger partial charge in [0.25, 0.3) is 5.91 Å². The van der Waals surface area contributed by atoms with Crippen molar-refractivity contribution < 1.29 is 9.53 Å². The smallest absolute Gasteiger partial charge is 0.255 e. The highest BCUT2D eigenvalue weighted by Crippen LogP contribution is 2.32. The van der Waals surface area contributed by atoms with Gasteiger partial charge in [0.05, 0.1) is 10.6 Å². The number of hydrogen-bond acceptors (Lipinski definition) is 4. The molecule has 1 aromatic carbocycles. The number of aryl methyl sites for hydroxylation is 1. The molecule has 2 aromatic rings. The first kappa shape index (κ1) is 13.3. The molecule has 104 valence electrons. The number of carbonyl (C=O) groups excluding carboxylic acids is 1. The van der Waals surface area contributed by atoms with E-state index in [0.717, 1.165) is 29.0 Å². The lowest BCUT2D eigenvalue weighted by molar-refractivity contribution is -0.124. The van der Waals surface area contributed by atoms with Crippen molar-refractivity contribution in [3.63, 3.8) is 0 Å². The number of rotatable bonds is 3. The summed E-state index contributed by atoms with van der Waals surface area (Å²) in [6.07, 6.45) is 1.42. The molecule has 5 heteroatoms. The first-order chi connectivity index (χ1) is 9.74. The fraction of sp³-hybridized carbons (Fsp3) is 0.333. The van der Waals surface area contributed by atoms with Crippen LogP contribution in [0.3, 0.4) is 0 Å². The fourth-order valence-corrected chi connectivity index (χ4v) is 3.25. The molecule has 1 unspecified atom stereocenters. The molecule has 4 nitrogen and oxygen atoms in total. The number of hydrogen-bond donors (Lipinski definition) is 1. The third-order valence-electron chi connectivity index (χ3n) is 3.28. The lowest BCUT2D eigenvalue weighted by Gasteiger charge is -2.07. The Bertz CT molecular complexity index is 604. The van der Waals surface area contributed by atoms with Crippen LogP contribution >= 0.6 is 11.3 Å². The normalized spacial score (nSPS) is 18.1. The highest BCUT2D eigenvalue weighted by atomic mass is 32.1. The van der Waals surface area contributed by atoms with Gasteiger partial charge in [0, 0.05) is 6.61 Å². The molecule has 1 fully saturated rings. The van der Waals surface area contributed by atoms with E-state index in [-0.39, 0.29) is 12.0 Å². The van der Waals surface area contributed by atoms with E-state index in [1.165, 1.54) is 11.3 Å². The van der Waals surface area contributed by atoms with Gasteiger partial charge in [-0.25, -0.2) is 4.98 Å². The van der Waals surface area contributed by atoms with Gasteiger partial charge < -0.3 is 4.74 Å². The number of anilines is 1. The maximum atomic E-state index is 12.0. The molecular weight excluding hydrogens is 272 g/mol. The van der Waals surface area contributed by atoms with Gasteiger partial charge in [-0.1, -0.05) is 41.7 Å². The van der Waals surface area contributed by atoms with Crippen LogP contribution in [0.25, 0.3) is 10.4 Å². The van der Waals surface area contributed by atoms with Crippen molar-refractivity contribution in [2.75, 3.05) is 11.9 Å². The van der Waals surface area contributed by atoms with Crippen LogP contribution in [0.15, 0.2) is 30.3 Å². The molecule has 0 aliphatic carbocycles. The Morgan fingerprint density at radius 3 is 2.90 bits per heavy atom. The molecule has 0 bridgehead atoms. The van der Waals surface area contributed by atoms with E-state index in [4.69, 9.17) is 4.74 Å². The van der Waals surface area contributed by atoms with Crippen LogP contribution < -0.4 is 5.32 Å². The zero-order chi connectivity index (χ0) is 13.9. The highest BCUT2D eigenvalue weighted by Gasteiger charge is 2.24. The first-order valence-electron chi connectivity index (χ1n) is 6.69. The van der Waals surface area contributed by atoms with Crippen LogP contribution in [0.5, 0.6) is 0 Å². The number of amides is 1. The molecule has 1 aliphatic rings. The van der Waals surface area contributed by atoms with Crippen LogP contribution in [0.4, 0.5) is 5.13 Å². The maximum Gasteiger partial charge on any atom is 0.255 e. The quantitative estimate of drug-likeness (QED) is 0.943. The molecule has 1 amide bonds. The molecule has 0 radical (unpaired) electrons. The molecule has 3 rings (SSSR count). The molecule has 0 spiro atoms. The minimum absolute atomic E-state index is 0.0872. The van der Waals surface area contributed by atoms with E-state index in [2.05, 4.69) is 10.3 Å². The maximum absolute atomic E-state index is 12.0. The molecule has 1 N–H and O–H groups in total. The van der Waals surface area contributed by atoms with Gasteiger partial charge in [0.15, 0.2) is 5.13 Å². The van der Waals surface area contributed by atoms with Gasteiger partial charge in [-0.3, -0.25) is 10.1 Å². The van der Waals surface area contributed by atoms with Gasteiger partial charge in [0.1, 0.15) is 6.10 Å². The second-order valence-corrected chi connectivity index (χ2v) is 5.79. The summed E-state index contributed by atoms with van der Waals surface area (Å²) in [5.74, 6) is -0.0872. The predicted octanol–water partition coefficient (Wildman–Crippen LogP) is 3.24. The fourth-order valence-electron chi connectivity index (χ4n) is 2.28. The monoisotopic (exact) mass is 288 g/mol. The van der Waals surface area contributed by atoms with Crippen molar-refractivity contribution in [3.05, 3.63) is 36.0 Å². The van der Waals surface area contributed by atoms with Gasteiger partial charge in [0.2, 0.25) is 0 Å². The number of nitrogens with zero attached hydrogens (tertiary/aromatic N) is 1. The standard InChI is InChI=1S/C15H16N2O2S/c1-10-13(11-6-3-2-4-7-11)20-15(16-10)17-14(18)12-8-5-9-19-12/h2-4,6-7,12H,5,8-9H2,1H3,(H,16,17,18). The van der Waals surface area contributed by atoms with Crippen molar-refractivity contribution in [3.8, 4) is 10.4 Å². The number of ether oxygens (including phenoxy) is 1. The first-order valence-corrected chi connectivity index (χ1v) is 7.51. The Balaban J connectivity index is 1.77. The van der Waals surface area contributed by atoms with Crippen molar-refractivity contribution in [2.45, 2.75) is 25.9 Å². The largest absolute Gasteiger partial charge is 0.368 e. The summed E-state index contributed by atoms with van der Waals surface area (Å²) in [4.78, 5) is 17.5. The molecule has 20 heavy (non-hydrogen) atoms. The Kier molecular flexibility index (Phi) is 3.80. The summed E-state index contributed by atoms with van der Waals surface area (Å²) in [5.41, 5.74) is 2.06. The average Bonchev–Trinajstić information content (AvgIpc) is 3.09. The molecular formula is C15H16N2O2S. The van der Waals surface area contributed by atoms with Crippen molar-refractivity contribution in [2.24, 2.45) is 0 Å². The third-order valence-corrected chi connectivity index (χ3v) is 4.41. The predicted molar refractivity (Wildman–Crippen MR) is 79.9 cm³/mol. The Hall–Kier alpha value is -1.72. The summed E-state index contributed by atoms with van der Waals surface area (Å²) in [5, 5.41) is 3.50. The van der Waals surface area contributed by atoms with Crippen LogP contribution in [-0.4, -0.2) is 23.6 Å². The summed E-state index contributed by atoms with van der Waals surface area (Å²) < 4.78 is 5.37. The zero-order valence-corrected chi connectivity index (χ0v) is 12.1. The summed E-state index contributed by atoms with van der Waals surface area (Å²) >= 11 is 1.50. The van der Waals surface area contributed by atoms with Crippen molar-refractivity contribution in [1.82, 2.24) is 4.98 Å². The van der Waals surface area contributed by atoms with Crippen LogP contribution in [0.1, 0.15) is 18.5 Å². The zero-order valence-electron chi connectivity index (χ0n) is 11.3. The Labute approximate surface area is 121 Å². The van der Waals surface area contributed by atoms with Crippen LogP contribution in [0.2, 0.25) is 0 Å². The minimum Gasteiger partial charge on any atom is -0.368 e. The van der Waals surface area contributed by atoms with Crippen LogP contribution in [-0.2, 0) is 9.53 Å². The van der Waals surface area contributed by atoms with Gasteiger partial charge in [-0.15, -0.1) is 0 Å². The lowest BCUT2D eigenvalue weighted by Crippen LogP contribution is -2.26. The molecule has 1 atom stereocenters. The summed E-state index contributed by atoms with van der Waals surface area (Å²) in [6.45, 7) is 2.63. The highest BCUT2D eigenvalue weighted by molar-refractivity contribution is 7.19. The number of thiazole rings is 1. The lowest BCUT2D eigenvalue weighted by atomic mass is 10.2. The molecule has 1 aliphatic heterocycles. The van der Waals surface area contributed by atoms with E-state index in [0.29, 0.717) is 11.7 Å². The second-order valence-electron chi connectivity index (χ2n) is 4.79. The number of nitrogens with one attached hydrogen (secondary N) is 1. The third kappa shape index (κ3) is 2.73. The van der Waals surface area contributed by atoms with Crippen LogP contribution in [0, 0.1) is 6.92 Å². The van der Waals surface area contributed by atoms with E-state index in [9.17, 15) is 4.79 Å². The number of carbonyl (C=O) groups is 1. The van der Waals surface area contributed by atoms with E-state index < -0.39 is 0 Å². The van der Waals surface area contributed by atoms with Crippen molar-refractivity contribution in [1.29, 1.82) is 0 Å². The molecule has 1 saturated heterocycles. The van der Waals surface area contributed by atoms with E-state index in [1.807, 2.05) is 37.3 Å². The van der Waals surface area contributed by atoms with Gasteiger partial charge >= 0.3 is 0 Å². The van der Waals surface area contributed by atoms with Crippen molar-refractivity contribution >= 4 is 22.4 Å². The van der Waals surface area contributed by atoms with Gasteiger partial charge in [-0.05, 0) is 25.3 Å².